The van der Waals surface area contributed by atoms with Crippen molar-refractivity contribution in [2.45, 2.75) is 38.3 Å². The number of aromatic nitrogens is 1. The molecule has 1 atom stereocenters. The molecule has 124 valence electrons. The number of rotatable bonds is 6. The molecule has 2 heterocycles. The normalized spacial score (nSPS) is 20.4. The number of hydrogen-bond donors (Lipinski definition) is 3. The number of fused-ring (bicyclic) bond motifs is 1. The highest BCUT2D eigenvalue weighted by Crippen LogP contribution is 2.31. The Morgan fingerprint density at radius 2 is 2.35 bits per heavy atom. The lowest BCUT2D eigenvalue weighted by atomic mass is 9.87. The van der Waals surface area contributed by atoms with E-state index in [0.29, 0.717) is 11.6 Å². The van der Waals surface area contributed by atoms with Crippen molar-refractivity contribution < 1.29 is 10.0 Å². The zero-order valence-corrected chi connectivity index (χ0v) is 13.5. The first kappa shape index (κ1) is 16.1. The Kier molecular flexibility index (Phi) is 5.05. The molecular weight excluding hydrogens is 292 g/mol. The first-order valence-electron chi connectivity index (χ1n) is 8.21. The average molecular weight is 316 g/mol. The summed E-state index contributed by atoms with van der Waals surface area (Å²) in [5.41, 5.74) is 5.79. The third-order valence-corrected chi connectivity index (χ3v) is 4.74. The van der Waals surface area contributed by atoms with Crippen LogP contribution in [0.15, 0.2) is 23.9 Å². The van der Waals surface area contributed by atoms with Crippen molar-refractivity contribution in [3.05, 3.63) is 40.7 Å². The number of pyridine rings is 1. The van der Waals surface area contributed by atoms with Crippen molar-refractivity contribution in [3.63, 3.8) is 0 Å². The van der Waals surface area contributed by atoms with Crippen LogP contribution < -0.4 is 10.8 Å². The van der Waals surface area contributed by atoms with E-state index in [9.17, 15) is 4.79 Å². The molecule has 1 aliphatic heterocycles. The molecule has 1 aliphatic carbocycles. The van der Waals surface area contributed by atoms with Crippen LogP contribution in [0.2, 0.25) is 0 Å². The lowest BCUT2D eigenvalue weighted by Gasteiger charge is -2.39. The van der Waals surface area contributed by atoms with Gasteiger partial charge in [0, 0.05) is 25.3 Å². The summed E-state index contributed by atoms with van der Waals surface area (Å²) in [6.45, 7) is 2.90. The summed E-state index contributed by atoms with van der Waals surface area (Å²) in [6, 6.07) is 2.38. The molecule has 6 nitrogen and oxygen atoms in total. The highest BCUT2D eigenvalue weighted by Gasteiger charge is 2.28. The molecule has 0 radical (unpaired) electrons. The van der Waals surface area contributed by atoms with Crippen molar-refractivity contribution >= 4 is 5.91 Å². The number of nitrogens with zero attached hydrogens (tertiary/aromatic N) is 2. The monoisotopic (exact) mass is 316 g/mol. The maximum absolute atomic E-state index is 11.4. The Hall–Kier alpha value is -1.76. The largest absolute Gasteiger partial charge is 0.320 e. The molecule has 1 amide bonds. The molecule has 3 N–H and O–H groups in total. The Morgan fingerprint density at radius 3 is 3.09 bits per heavy atom. The zero-order chi connectivity index (χ0) is 16.2. The molecule has 6 heteroatoms. The summed E-state index contributed by atoms with van der Waals surface area (Å²) in [7, 11) is 1.99. The second-order valence-electron chi connectivity index (χ2n) is 6.29. The minimum absolute atomic E-state index is 0.412. The molecular formula is C17H24N4O2. The van der Waals surface area contributed by atoms with Crippen molar-refractivity contribution in [1.29, 1.82) is 0 Å². The van der Waals surface area contributed by atoms with E-state index in [1.54, 1.807) is 11.1 Å². The van der Waals surface area contributed by atoms with Gasteiger partial charge in [-0.2, -0.15) is 0 Å². The summed E-state index contributed by atoms with van der Waals surface area (Å²) in [4.78, 5) is 18.3. The molecule has 23 heavy (non-hydrogen) atoms. The van der Waals surface area contributed by atoms with E-state index in [0.717, 1.165) is 37.3 Å². The maximum atomic E-state index is 11.4. The Balaban J connectivity index is 1.58. The van der Waals surface area contributed by atoms with E-state index in [2.05, 4.69) is 21.3 Å². The number of carbonyl (C=O) groups is 1. The molecule has 3 rings (SSSR count). The summed E-state index contributed by atoms with van der Waals surface area (Å²) >= 11 is 0. The van der Waals surface area contributed by atoms with Gasteiger partial charge in [-0.25, -0.2) is 5.48 Å². The molecule has 0 aromatic carbocycles. The number of carbonyl (C=O) groups excluding carboxylic acids is 1. The van der Waals surface area contributed by atoms with Crippen molar-refractivity contribution in [2.24, 2.45) is 0 Å². The van der Waals surface area contributed by atoms with E-state index >= 15 is 0 Å². The highest BCUT2D eigenvalue weighted by atomic mass is 16.5. The van der Waals surface area contributed by atoms with E-state index in [4.69, 9.17) is 5.21 Å². The molecule has 0 unspecified atom stereocenters. The van der Waals surface area contributed by atoms with Crippen LogP contribution in [0.3, 0.4) is 0 Å². The van der Waals surface area contributed by atoms with Crippen LogP contribution >= 0.6 is 0 Å². The van der Waals surface area contributed by atoms with Crippen LogP contribution in [0, 0.1) is 0 Å². The SMILES string of the molecule is CNCCCC1=C[C@H](N2CCc3cc(C(=O)NO)cnc3C2)C1. The van der Waals surface area contributed by atoms with Crippen molar-refractivity contribution in [3.8, 4) is 0 Å². The Labute approximate surface area is 136 Å². The number of hydrogen-bond acceptors (Lipinski definition) is 5. The second kappa shape index (κ2) is 7.21. The van der Waals surface area contributed by atoms with Gasteiger partial charge in [-0.05, 0) is 50.9 Å². The van der Waals surface area contributed by atoms with Crippen LogP contribution in [-0.2, 0) is 13.0 Å². The van der Waals surface area contributed by atoms with Crippen molar-refractivity contribution in [1.82, 2.24) is 20.7 Å². The zero-order valence-electron chi connectivity index (χ0n) is 13.5. The van der Waals surface area contributed by atoms with Crippen LogP contribution in [0.4, 0.5) is 0 Å². The molecule has 1 aromatic heterocycles. The van der Waals surface area contributed by atoms with Gasteiger partial charge in [0.15, 0.2) is 0 Å². The fourth-order valence-electron chi connectivity index (χ4n) is 3.32. The van der Waals surface area contributed by atoms with Gasteiger partial charge in [0.2, 0.25) is 0 Å². The predicted octanol–water partition coefficient (Wildman–Crippen LogP) is 1.26. The summed E-state index contributed by atoms with van der Waals surface area (Å²) in [6.07, 6.45) is 8.40. The quantitative estimate of drug-likeness (QED) is 0.319. The summed E-state index contributed by atoms with van der Waals surface area (Å²) < 4.78 is 0. The van der Waals surface area contributed by atoms with E-state index in [1.165, 1.54) is 25.5 Å². The molecule has 0 spiro atoms. The predicted molar refractivity (Wildman–Crippen MR) is 87.3 cm³/mol. The van der Waals surface area contributed by atoms with Gasteiger partial charge in [-0.1, -0.05) is 11.6 Å². The van der Waals surface area contributed by atoms with Gasteiger partial charge in [0.05, 0.1) is 11.3 Å². The van der Waals surface area contributed by atoms with E-state index < -0.39 is 5.91 Å². The Bertz CT molecular complexity index is 615. The molecule has 0 bridgehead atoms. The second-order valence-corrected chi connectivity index (χ2v) is 6.29. The third-order valence-electron chi connectivity index (χ3n) is 4.74. The molecule has 0 fully saturated rings. The van der Waals surface area contributed by atoms with Crippen LogP contribution in [0.1, 0.15) is 40.9 Å². The smallest absolute Gasteiger partial charge is 0.276 e. The van der Waals surface area contributed by atoms with Crippen LogP contribution in [-0.4, -0.2) is 47.2 Å². The summed E-state index contributed by atoms with van der Waals surface area (Å²) in [5, 5.41) is 11.9. The van der Waals surface area contributed by atoms with Crippen molar-refractivity contribution in [2.75, 3.05) is 20.1 Å². The fraction of sp³-hybridized carbons (Fsp3) is 0.529. The van der Waals surface area contributed by atoms with Gasteiger partial charge in [-0.3, -0.25) is 19.9 Å². The standard InChI is InChI=1S/C17H24N4O2/c1-18-5-2-3-12-7-15(8-12)21-6-4-13-9-14(17(22)20-23)10-19-16(13)11-21/h7,9-10,15,18,23H,2-6,8,11H2,1H3,(H,20,22)/t15-/m0/s1. The molecule has 0 saturated carbocycles. The molecule has 2 aliphatic rings. The first-order chi connectivity index (χ1) is 11.2. The first-order valence-corrected chi connectivity index (χ1v) is 8.21. The topological polar surface area (TPSA) is 77.5 Å². The fourth-order valence-corrected chi connectivity index (χ4v) is 3.32. The lowest BCUT2D eigenvalue weighted by molar-refractivity contribution is 0.0705. The number of nitrogens with one attached hydrogen (secondary N) is 2. The third kappa shape index (κ3) is 3.60. The number of amides is 1. The van der Waals surface area contributed by atoms with Gasteiger partial charge in [0.25, 0.3) is 5.91 Å². The van der Waals surface area contributed by atoms with Gasteiger partial charge in [-0.15, -0.1) is 0 Å². The highest BCUT2D eigenvalue weighted by molar-refractivity contribution is 5.93. The van der Waals surface area contributed by atoms with E-state index in [-0.39, 0.29) is 0 Å². The Morgan fingerprint density at radius 1 is 1.52 bits per heavy atom. The van der Waals surface area contributed by atoms with Gasteiger partial charge in [0.1, 0.15) is 0 Å². The minimum Gasteiger partial charge on any atom is -0.320 e. The van der Waals surface area contributed by atoms with Crippen LogP contribution in [0.5, 0.6) is 0 Å². The van der Waals surface area contributed by atoms with Gasteiger partial charge < -0.3 is 5.32 Å². The van der Waals surface area contributed by atoms with E-state index in [1.807, 2.05) is 13.1 Å². The maximum Gasteiger partial charge on any atom is 0.276 e. The van der Waals surface area contributed by atoms with Crippen LogP contribution in [0.25, 0.3) is 0 Å². The average Bonchev–Trinajstić information content (AvgIpc) is 2.55. The number of hydroxylamine groups is 1. The molecule has 0 saturated heterocycles. The van der Waals surface area contributed by atoms with Gasteiger partial charge >= 0.3 is 0 Å². The molecule has 1 aromatic rings. The lowest BCUT2D eigenvalue weighted by Crippen LogP contribution is -2.42. The summed E-state index contributed by atoms with van der Waals surface area (Å²) in [5.74, 6) is -0.504. The minimum atomic E-state index is -0.504.